The summed E-state index contributed by atoms with van der Waals surface area (Å²) in [6.07, 6.45) is 3.64. The number of nitriles is 3. The fourth-order valence-corrected chi connectivity index (χ4v) is 10.3. The summed E-state index contributed by atoms with van der Waals surface area (Å²) in [7, 11) is 0. The molecule has 0 radical (unpaired) electrons. The van der Waals surface area contributed by atoms with Gasteiger partial charge in [-0.3, -0.25) is 4.98 Å². The lowest BCUT2D eigenvalue weighted by molar-refractivity contribution is 1.13. The molecule has 0 saturated carbocycles. The molecule has 3 aromatic heterocycles. The number of benzene rings is 9. The molecule has 3 heterocycles. The maximum absolute atomic E-state index is 10.5. The van der Waals surface area contributed by atoms with Gasteiger partial charge in [0.2, 0.25) is 0 Å². The zero-order valence-electron chi connectivity index (χ0n) is 38.2. The number of pyridine rings is 1. The Morgan fingerprint density at radius 2 is 0.792 bits per heavy atom. The molecule has 0 N–H and O–H groups in total. The maximum Gasteiger partial charge on any atom is 0.194 e. The molecule has 0 aliphatic carbocycles. The summed E-state index contributed by atoms with van der Waals surface area (Å²) in [4.78, 5) is 12.5. The van der Waals surface area contributed by atoms with E-state index in [0.717, 1.165) is 111 Å². The molecule has 12 rings (SSSR count). The molecule has 9 aromatic carbocycles. The van der Waals surface area contributed by atoms with Gasteiger partial charge in [-0.2, -0.15) is 15.8 Å². The topological polar surface area (TPSA) is 103 Å². The molecular weight excluding hydrogens is 881 g/mol. The van der Waals surface area contributed by atoms with Gasteiger partial charge in [0.05, 0.1) is 87.7 Å². The van der Waals surface area contributed by atoms with Crippen molar-refractivity contribution in [3.63, 3.8) is 0 Å². The van der Waals surface area contributed by atoms with Crippen molar-refractivity contribution in [2.24, 2.45) is 0 Å². The number of aromatic nitrogens is 3. The Bertz CT molecular complexity index is 4250. The molecule has 0 aliphatic rings. The van der Waals surface area contributed by atoms with Gasteiger partial charge in [-0.1, -0.05) is 109 Å². The molecular formula is C64H34N8. The van der Waals surface area contributed by atoms with Crippen molar-refractivity contribution >= 4 is 55.0 Å². The van der Waals surface area contributed by atoms with Gasteiger partial charge in [0, 0.05) is 38.9 Å². The standard InChI is InChI=1S/C64H34N8/c1-68-57-17-9-7-15-49(57)43-22-27-61-55(34-43)53-32-41(47-13-5-3-11-45(47)37-66)20-25-60(53)71(61)59-24-19-40(36-65)31-52(59)51-29-30-70-39-64(51)72-62-26-21-42(48-14-6-4-12-46(48)38-67)33-54(62)56-35-44(23-28-63(56)72)50-16-8-10-18-58(50)69-2/h3-35,39H. The second-order valence-electron chi connectivity index (χ2n) is 17.4. The van der Waals surface area contributed by atoms with Crippen molar-refractivity contribution in [1.29, 1.82) is 15.8 Å². The van der Waals surface area contributed by atoms with Crippen LogP contribution in [0.2, 0.25) is 0 Å². The first-order valence-electron chi connectivity index (χ1n) is 23.1. The van der Waals surface area contributed by atoms with E-state index in [4.69, 9.17) is 18.1 Å². The lowest BCUT2D eigenvalue weighted by Gasteiger charge is -2.19. The SMILES string of the molecule is [C-]#[N+]c1ccccc1-c1ccc2c(c1)c1cc(-c3ccccc3C#N)ccc1n2-c1ccc(C#N)cc1-c1ccncc1-n1c2ccc(-c3ccccc3C#N)cc2c2cc(-c3ccccc3[N+]#[C-])ccc21. The Hall–Kier alpha value is -10.8. The van der Waals surface area contributed by atoms with Crippen LogP contribution in [0.1, 0.15) is 16.7 Å². The summed E-state index contributed by atoms with van der Waals surface area (Å²) >= 11 is 0. The van der Waals surface area contributed by atoms with Crippen LogP contribution in [0.3, 0.4) is 0 Å². The highest BCUT2D eigenvalue weighted by molar-refractivity contribution is 6.14. The third-order valence-electron chi connectivity index (χ3n) is 13.6. The zero-order valence-corrected chi connectivity index (χ0v) is 38.2. The fraction of sp³-hybridized carbons (Fsp3) is 0. The summed E-state index contributed by atoms with van der Waals surface area (Å²) in [6.45, 7) is 15.9. The van der Waals surface area contributed by atoms with Gasteiger partial charge in [-0.05, 0) is 129 Å². The van der Waals surface area contributed by atoms with E-state index in [0.29, 0.717) is 28.1 Å². The number of hydrogen-bond acceptors (Lipinski definition) is 4. The summed E-state index contributed by atoms with van der Waals surface area (Å²) in [5, 5.41) is 34.6. The number of fused-ring (bicyclic) bond motifs is 6. The minimum absolute atomic E-state index is 0.483. The number of para-hydroxylation sites is 2. The molecule has 0 spiro atoms. The van der Waals surface area contributed by atoms with Crippen LogP contribution in [0.5, 0.6) is 0 Å². The first-order valence-corrected chi connectivity index (χ1v) is 23.1. The quantitative estimate of drug-likeness (QED) is 0.149. The van der Waals surface area contributed by atoms with E-state index in [1.807, 2.05) is 134 Å². The van der Waals surface area contributed by atoms with Crippen LogP contribution < -0.4 is 0 Å². The van der Waals surface area contributed by atoms with E-state index in [1.54, 1.807) is 6.20 Å². The smallest absolute Gasteiger partial charge is 0.194 e. The van der Waals surface area contributed by atoms with E-state index >= 15 is 0 Å². The maximum atomic E-state index is 10.5. The fourth-order valence-electron chi connectivity index (χ4n) is 10.3. The van der Waals surface area contributed by atoms with Crippen LogP contribution in [0, 0.1) is 47.1 Å². The average Bonchev–Trinajstić information content (AvgIpc) is 3.95. The van der Waals surface area contributed by atoms with Gasteiger partial charge in [0.15, 0.2) is 11.4 Å². The van der Waals surface area contributed by atoms with Crippen molar-refractivity contribution in [2.45, 2.75) is 0 Å². The molecule has 0 bridgehead atoms. The summed E-state index contributed by atoms with van der Waals surface area (Å²) < 4.78 is 4.45. The highest BCUT2D eigenvalue weighted by Crippen LogP contribution is 2.45. The Balaban J connectivity index is 1.13. The molecule has 0 amide bonds. The number of nitrogens with zero attached hydrogens (tertiary/aromatic N) is 8. The van der Waals surface area contributed by atoms with Crippen LogP contribution in [-0.4, -0.2) is 14.1 Å². The first kappa shape index (κ1) is 42.5. The molecule has 0 aliphatic heterocycles. The Kier molecular flexibility index (Phi) is 10.3. The van der Waals surface area contributed by atoms with Crippen molar-refractivity contribution in [2.75, 3.05) is 0 Å². The predicted molar refractivity (Wildman–Crippen MR) is 287 cm³/mol. The minimum atomic E-state index is 0.483. The van der Waals surface area contributed by atoms with Gasteiger partial charge >= 0.3 is 0 Å². The van der Waals surface area contributed by atoms with Crippen molar-refractivity contribution in [3.8, 4) is 85.2 Å². The van der Waals surface area contributed by atoms with Crippen molar-refractivity contribution < 1.29 is 0 Å². The van der Waals surface area contributed by atoms with Crippen molar-refractivity contribution in [3.05, 3.63) is 246 Å². The predicted octanol–water partition coefficient (Wildman–Crippen LogP) is 16.3. The van der Waals surface area contributed by atoms with Crippen LogP contribution in [0.15, 0.2) is 207 Å². The normalized spacial score (nSPS) is 11.0. The monoisotopic (exact) mass is 914 g/mol. The molecule has 0 fully saturated rings. The molecule has 8 heteroatoms. The third-order valence-corrected chi connectivity index (χ3v) is 13.6. The van der Waals surface area contributed by atoms with Crippen LogP contribution in [0.25, 0.3) is 120 Å². The van der Waals surface area contributed by atoms with E-state index in [-0.39, 0.29) is 0 Å². The van der Waals surface area contributed by atoms with Gasteiger partial charge in [0.1, 0.15) is 0 Å². The van der Waals surface area contributed by atoms with Crippen LogP contribution >= 0.6 is 0 Å². The van der Waals surface area contributed by atoms with Gasteiger partial charge in [0.25, 0.3) is 0 Å². The second kappa shape index (κ2) is 17.4. The zero-order chi connectivity index (χ0) is 48.9. The van der Waals surface area contributed by atoms with Gasteiger partial charge in [-0.25, -0.2) is 9.69 Å². The van der Waals surface area contributed by atoms with E-state index < -0.39 is 0 Å². The lowest BCUT2D eigenvalue weighted by Crippen LogP contribution is -2.02. The summed E-state index contributed by atoms with van der Waals surface area (Å²) in [5.41, 5.74) is 16.5. The van der Waals surface area contributed by atoms with Crippen LogP contribution in [-0.2, 0) is 0 Å². The largest absolute Gasteiger partial charge is 0.309 e. The summed E-state index contributed by atoms with van der Waals surface area (Å²) in [6, 6.07) is 70.5. The van der Waals surface area contributed by atoms with E-state index in [2.05, 4.69) is 104 Å². The molecule has 0 unspecified atom stereocenters. The third kappa shape index (κ3) is 6.84. The summed E-state index contributed by atoms with van der Waals surface area (Å²) in [5.74, 6) is 0. The highest BCUT2D eigenvalue weighted by Gasteiger charge is 2.23. The van der Waals surface area contributed by atoms with E-state index in [1.165, 1.54) is 0 Å². The Labute approximate surface area is 414 Å². The Morgan fingerprint density at radius 1 is 0.375 bits per heavy atom. The molecule has 12 aromatic rings. The Morgan fingerprint density at radius 3 is 1.24 bits per heavy atom. The van der Waals surface area contributed by atoms with Crippen molar-refractivity contribution in [1.82, 2.24) is 14.1 Å². The first-order chi connectivity index (χ1) is 35.5. The van der Waals surface area contributed by atoms with Crippen LogP contribution in [0.4, 0.5) is 11.4 Å². The molecule has 0 atom stereocenters. The van der Waals surface area contributed by atoms with E-state index in [9.17, 15) is 15.8 Å². The minimum Gasteiger partial charge on any atom is -0.309 e. The van der Waals surface area contributed by atoms with Gasteiger partial charge in [-0.15, -0.1) is 0 Å². The molecule has 330 valence electrons. The molecule has 0 saturated heterocycles. The highest BCUT2D eigenvalue weighted by atomic mass is 15.0. The molecule has 8 nitrogen and oxygen atoms in total. The molecule has 72 heavy (non-hydrogen) atoms. The number of rotatable bonds is 7. The second-order valence-corrected chi connectivity index (χ2v) is 17.4. The number of hydrogen-bond donors (Lipinski definition) is 0. The van der Waals surface area contributed by atoms with Gasteiger partial charge < -0.3 is 9.13 Å². The lowest BCUT2D eigenvalue weighted by atomic mass is 9.97. The average molecular weight is 915 g/mol.